The number of ether oxygens (including phenoxy) is 4. The van der Waals surface area contributed by atoms with Gasteiger partial charge in [0, 0.05) is 21.0 Å². The normalized spacial score (nSPS) is 27.1. The molecular weight excluding hydrogens is 228 g/mol. The summed E-state index contributed by atoms with van der Waals surface area (Å²) in [6, 6.07) is 0. The number of carbonyl (C=O) groups excluding carboxylic acids is 2. The van der Waals surface area contributed by atoms with E-state index in [9.17, 15) is 9.59 Å². The smallest absolute Gasteiger partial charge is 0.303 e. The van der Waals surface area contributed by atoms with Crippen LogP contribution >= 0.6 is 0 Å². The minimum atomic E-state index is -0.535. The number of rotatable bonds is 4. The third kappa shape index (κ3) is 4.07. The summed E-state index contributed by atoms with van der Waals surface area (Å²) in [7, 11) is 1.48. The summed E-state index contributed by atoms with van der Waals surface area (Å²) in [5.74, 6) is -0.808. The van der Waals surface area contributed by atoms with Crippen molar-refractivity contribution < 1.29 is 28.5 Å². The van der Waals surface area contributed by atoms with Crippen LogP contribution in [-0.4, -0.2) is 44.0 Å². The van der Waals surface area contributed by atoms with Crippen molar-refractivity contribution in [3.63, 3.8) is 0 Å². The Morgan fingerprint density at radius 1 is 1.29 bits per heavy atom. The fourth-order valence-electron chi connectivity index (χ4n) is 1.54. The van der Waals surface area contributed by atoms with Crippen LogP contribution in [0.2, 0.25) is 0 Å². The molecule has 0 aromatic carbocycles. The molecule has 6 nitrogen and oxygen atoms in total. The molecule has 17 heavy (non-hydrogen) atoms. The van der Waals surface area contributed by atoms with E-state index in [1.807, 2.05) is 0 Å². The molecular formula is C11H16O6. The van der Waals surface area contributed by atoms with Crippen molar-refractivity contribution in [2.75, 3.05) is 13.7 Å². The molecule has 3 atom stereocenters. The van der Waals surface area contributed by atoms with Crippen molar-refractivity contribution >= 4 is 11.9 Å². The highest BCUT2D eigenvalue weighted by molar-refractivity contribution is 5.66. The van der Waals surface area contributed by atoms with Gasteiger partial charge in [0.05, 0.1) is 6.26 Å². The highest BCUT2D eigenvalue weighted by Gasteiger charge is 2.35. The van der Waals surface area contributed by atoms with E-state index in [1.165, 1.54) is 27.2 Å². The number of hydrogen-bond donors (Lipinski definition) is 0. The summed E-state index contributed by atoms with van der Waals surface area (Å²) in [5.41, 5.74) is 0. The molecule has 0 aromatic rings. The summed E-state index contributed by atoms with van der Waals surface area (Å²) in [6.07, 6.45) is 1.48. The van der Waals surface area contributed by atoms with Gasteiger partial charge in [-0.05, 0) is 6.08 Å². The van der Waals surface area contributed by atoms with Gasteiger partial charge in [0.25, 0.3) is 0 Å². The first-order valence-corrected chi connectivity index (χ1v) is 5.20. The average molecular weight is 244 g/mol. The minimum Gasteiger partial charge on any atom is -0.492 e. The molecule has 0 saturated heterocycles. The zero-order chi connectivity index (χ0) is 12.8. The van der Waals surface area contributed by atoms with E-state index in [1.54, 1.807) is 6.08 Å². The summed E-state index contributed by atoms with van der Waals surface area (Å²) in [6.45, 7) is 2.68. The maximum absolute atomic E-state index is 10.9. The van der Waals surface area contributed by atoms with Gasteiger partial charge in [-0.1, -0.05) is 0 Å². The van der Waals surface area contributed by atoms with Crippen molar-refractivity contribution in [3.05, 3.63) is 12.3 Å². The molecule has 0 saturated carbocycles. The maximum Gasteiger partial charge on any atom is 0.303 e. The van der Waals surface area contributed by atoms with Gasteiger partial charge in [-0.15, -0.1) is 0 Å². The van der Waals surface area contributed by atoms with Crippen LogP contribution in [0.4, 0.5) is 0 Å². The lowest BCUT2D eigenvalue weighted by atomic mass is 10.1. The Morgan fingerprint density at radius 3 is 2.53 bits per heavy atom. The Balaban J connectivity index is 2.63. The van der Waals surface area contributed by atoms with Crippen LogP contribution < -0.4 is 0 Å². The van der Waals surface area contributed by atoms with Crippen LogP contribution in [0, 0.1) is 0 Å². The molecule has 0 aromatic heterocycles. The predicted molar refractivity (Wildman–Crippen MR) is 57.0 cm³/mol. The van der Waals surface area contributed by atoms with E-state index in [4.69, 9.17) is 18.9 Å². The molecule has 1 aliphatic rings. The van der Waals surface area contributed by atoms with Gasteiger partial charge in [-0.3, -0.25) is 9.59 Å². The van der Waals surface area contributed by atoms with Crippen molar-refractivity contribution in [2.45, 2.75) is 32.2 Å². The first kappa shape index (κ1) is 13.5. The molecule has 0 aliphatic carbocycles. The third-order valence-corrected chi connectivity index (χ3v) is 2.24. The van der Waals surface area contributed by atoms with Gasteiger partial charge >= 0.3 is 11.9 Å². The highest BCUT2D eigenvalue weighted by Crippen LogP contribution is 2.18. The molecule has 0 bridgehead atoms. The van der Waals surface area contributed by atoms with Gasteiger partial charge in [0.15, 0.2) is 12.2 Å². The Morgan fingerprint density at radius 2 is 2.00 bits per heavy atom. The van der Waals surface area contributed by atoms with E-state index in [0.29, 0.717) is 0 Å². The van der Waals surface area contributed by atoms with Gasteiger partial charge in [0.2, 0.25) is 0 Å². The topological polar surface area (TPSA) is 71.1 Å². The lowest BCUT2D eigenvalue weighted by molar-refractivity contribution is -0.165. The van der Waals surface area contributed by atoms with Crippen LogP contribution in [0.15, 0.2) is 12.3 Å². The van der Waals surface area contributed by atoms with Crippen LogP contribution in [0.25, 0.3) is 0 Å². The fourth-order valence-corrected chi connectivity index (χ4v) is 1.54. The van der Waals surface area contributed by atoms with Crippen LogP contribution in [0.3, 0.4) is 0 Å². The molecule has 0 spiro atoms. The van der Waals surface area contributed by atoms with Crippen molar-refractivity contribution in [1.82, 2.24) is 0 Å². The predicted octanol–water partition coefficient (Wildman–Crippen LogP) is 0.409. The SMILES string of the molecule is CO[C@H]1[C@H](OC(C)=O)C=CO[C@@H]1COC(C)=O. The first-order chi connectivity index (χ1) is 8.04. The van der Waals surface area contributed by atoms with Crippen molar-refractivity contribution in [1.29, 1.82) is 0 Å². The van der Waals surface area contributed by atoms with Crippen LogP contribution in [0.5, 0.6) is 0 Å². The van der Waals surface area contributed by atoms with Crippen molar-refractivity contribution in [3.8, 4) is 0 Å². The number of carbonyl (C=O) groups is 2. The van der Waals surface area contributed by atoms with Crippen LogP contribution in [0.1, 0.15) is 13.8 Å². The Hall–Kier alpha value is -1.56. The molecule has 0 amide bonds. The summed E-state index contributed by atoms with van der Waals surface area (Å²) in [5, 5.41) is 0. The quantitative estimate of drug-likeness (QED) is 0.667. The lowest BCUT2D eigenvalue weighted by Crippen LogP contribution is -2.46. The number of hydrogen-bond acceptors (Lipinski definition) is 6. The zero-order valence-corrected chi connectivity index (χ0v) is 10.0. The minimum absolute atomic E-state index is 0.0515. The average Bonchev–Trinajstić information content (AvgIpc) is 2.25. The maximum atomic E-state index is 10.9. The van der Waals surface area contributed by atoms with E-state index >= 15 is 0 Å². The first-order valence-electron chi connectivity index (χ1n) is 5.20. The largest absolute Gasteiger partial charge is 0.492 e. The molecule has 0 fully saturated rings. The van der Waals surface area contributed by atoms with Gasteiger partial charge in [0.1, 0.15) is 12.7 Å². The lowest BCUT2D eigenvalue weighted by Gasteiger charge is -2.32. The molecule has 1 rings (SSSR count). The third-order valence-electron chi connectivity index (χ3n) is 2.24. The Kier molecular flexibility index (Phi) is 4.96. The molecule has 0 unspecified atom stereocenters. The number of esters is 2. The van der Waals surface area contributed by atoms with Crippen molar-refractivity contribution in [2.24, 2.45) is 0 Å². The van der Waals surface area contributed by atoms with Gasteiger partial charge < -0.3 is 18.9 Å². The second kappa shape index (κ2) is 6.24. The molecule has 0 radical (unpaired) electrons. The van der Waals surface area contributed by atoms with E-state index < -0.39 is 30.3 Å². The van der Waals surface area contributed by atoms with Gasteiger partial charge in [-0.2, -0.15) is 0 Å². The Bertz CT molecular complexity index is 311. The Labute approximate surface area is 99.5 Å². The molecule has 0 N–H and O–H groups in total. The highest BCUT2D eigenvalue weighted by atomic mass is 16.6. The second-order valence-corrected chi connectivity index (χ2v) is 3.58. The van der Waals surface area contributed by atoms with E-state index in [-0.39, 0.29) is 6.61 Å². The fraction of sp³-hybridized carbons (Fsp3) is 0.636. The van der Waals surface area contributed by atoms with Gasteiger partial charge in [-0.25, -0.2) is 0 Å². The molecule has 1 heterocycles. The monoisotopic (exact) mass is 244 g/mol. The molecule has 1 aliphatic heterocycles. The molecule has 6 heteroatoms. The summed E-state index contributed by atoms with van der Waals surface area (Å²) < 4.78 is 20.4. The second-order valence-electron chi connectivity index (χ2n) is 3.58. The summed E-state index contributed by atoms with van der Waals surface area (Å²) >= 11 is 0. The van der Waals surface area contributed by atoms with Crippen LogP contribution in [-0.2, 0) is 28.5 Å². The van der Waals surface area contributed by atoms with E-state index in [2.05, 4.69) is 0 Å². The standard InChI is InChI=1S/C11H16O6/c1-7(12)16-6-10-11(14-3)9(4-5-15-10)17-8(2)13/h4-5,9-11H,6H2,1-3H3/t9-,10-,11+/m1/s1. The van der Waals surface area contributed by atoms with E-state index in [0.717, 1.165) is 0 Å². The zero-order valence-electron chi connectivity index (χ0n) is 10.0. The molecule has 96 valence electrons. The number of methoxy groups -OCH3 is 1. The summed E-state index contributed by atoms with van der Waals surface area (Å²) in [4.78, 5) is 21.6.